The van der Waals surface area contributed by atoms with Crippen LogP contribution < -0.4 is 0 Å². The van der Waals surface area contributed by atoms with E-state index in [2.05, 4.69) is 9.88 Å². The molecule has 1 aromatic heterocycles. The van der Waals surface area contributed by atoms with Crippen LogP contribution in [0.3, 0.4) is 0 Å². The molecule has 1 atom stereocenters. The van der Waals surface area contributed by atoms with Crippen molar-refractivity contribution in [2.75, 3.05) is 52.5 Å². The van der Waals surface area contributed by atoms with Gasteiger partial charge in [-0.3, -0.25) is 19.5 Å². The highest BCUT2D eigenvalue weighted by Gasteiger charge is 2.36. The molecule has 0 N–H and O–H groups in total. The van der Waals surface area contributed by atoms with E-state index in [1.807, 2.05) is 30.0 Å². The Balaban J connectivity index is 1.52. The third kappa shape index (κ3) is 4.80. The molecule has 2 aliphatic rings. The fourth-order valence-corrected chi connectivity index (χ4v) is 3.55. The van der Waals surface area contributed by atoms with Gasteiger partial charge in [0, 0.05) is 51.9 Å². The van der Waals surface area contributed by atoms with E-state index < -0.39 is 0 Å². The van der Waals surface area contributed by atoms with Gasteiger partial charge in [-0.1, -0.05) is 6.07 Å². The van der Waals surface area contributed by atoms with E-state index in [4.69, 9.17) is 4.74 Å². The Labute approximate surface area is 154 Å². The second kappa shape index (κ2) is 9.09. The smallest absolute Gasteiger partial charge is 0.228 e. The van der Waals surface area contributed by atoms with Gasteiger partial charge in [-0.2, -0.15) is 0 Å². The Morgan fingerprint density at radius 3 is 2.85 bits per heavy atom. The van der Waals surface area contributed by atoms with Crippen molar-refractivity contribution >= 4 is 11.8 Å². The third-order valence-electron chi connectivity index (χ3n) is 5.13. The molecule has 7 nitrogen and oxygen atoms in total. The highest BCUT2D eigenvalue weighted by molar-refractivity contribution is 5.89. The lowest BCUT2D eigenvalue weighted by molar-refractivity contribution is -0.136. The second-order valence-corrected chi connectivity index (χ2v) is 6.87. The minimum atomic E-state index is -0.240. The van der Waals surface area contributed by atoms with E-state index >= 15 is 0 Å². The van der Waals surface area contributed by atoms with Crippen LogP contribution in [0.5, 0.6) is 0 Å². The number of ether oxygens (including phenoxy) is 1. The molecular formula is C19H28N4O3. The lowest BCUT2D eigenvalue weighted by atomic mass is 10.1. The van der Waals surface area contributed by atoms with Gasteiger partial charge in [0.05, 0.1) is 31.4 Å². The summed E-state index contributed by atoms with van der Waals surface area (Å²) in [4.78, 5) is 35.4. The summed E-state index contributed by atoms with van der Waals surface area (Å²) in [6.07, 6.45) is 2.03. The van der Waals surface area contributed by atoms with E-state index in [9.17, 15) is 9.59 Å². The highest BCUT2D eigenvalue weighted by Crippen LogP contribution is 2.21. The van der Waals surface area contributed by atoms with Crippen LogP contribution in [0.15, 0.2) is 24.4 Å². The van der Waals surface area contributed by atoms with Crippen LogP contribution in [0.1, 0.15) is 19.0 Å². The van der Waals surface area contributed by atoms with Crippen molar-refractivity contribution in [2.45, 2.75) is 19.9 Å². The lowest BCUT2D eigenvalue weighted by Gasteiger charge is -2.30. The van der Waals surface area contributed by atoms with E-state index in [1.165, 1.54) is 0 Å². The largest absolute Gasteiger partial charge is 0.379 e. The van der Waals surface area contributed by atoms with Crippen molar-refractivity contribution in [2.24, 2.45) is 5.92 Å². The minimum Gasteiger partial charge on any atom is -0.379 e. The Kier molecular flexibility index (Phi) is 6.57. The van der Waals surface area contributed by atoms with E-state index in [0.29, 0.717) is 32.6 Å². The summed E-state index contributed by atoms with van der Waals surface area (Å²) in [5.74, 6) is -0.105. The quantitative estimate of drug-likeness (QED) is 0.713. The van der Waals surface area contributed by atoms with Crippen LogP contribution in [0, 0.1) is 5.92 Å². The molecule has 0 aliphatic carbocycles. The molecule has 142 valence electrons. The van der Waals surface area contributed by atoms with Crippen LogP contribution in [-0.4, -0.2) is 84.0 Å². The van der Waals surface area contributed by atoms with Crippen molar-refractivity contribution in [3.8, 4) is 0 Å². The molecule has 2 fully saturated rings. The number of nitrogens with zero attached hydrogens (tertiary/aromatic N) is 4. The van der Waals surface area contributed by atoms with Gasteiger partial charge in [-0.15, -0.1) is 0 Å². The van der Waals surface area contributed by atoms with E-state index in [1.54, 1.807) is 11.1 Å². The molecule has 1 aromatic rings. The molecule has 2 saturated heterocycles. The van der Waals surface area contributed by atoms with Crippen LogP contribution in [0.4, 0.5) is 0 Å². The first kappa shape index (κ1) is 18.8. The fraction of sp³-hybridized carbons (Fsp3) is 0.632. The number of pyridine rings is 1. The van der Waals surface area contributed by atoms with Crippen LogP contribution >= 0.6 is 0 Å². The zero-order valence-electron chi connectivity index (χ0n) is 15.5. The van der Waals surface area contributed by atoms with Crippen molar-refractivity contribution in [3.05, 3.63) is 30.1 Å². The Morgan fingerprint density at radius 2 is 2.15 bits per heavy atom. The Hall–Kier alpha value is -1.99. The van der Waals surface area contributed by atoms with Gasteiger partial charge in [0.2, 0.25) is 11.8 Å². The molecular weight excluding hydrogens is 332 g/mol. The number of likely N-dealkylation sites (N-methyl/N-ethyl adjacent to an activating group) is 1. The predicted octanol–water partition coefficient (Wildman–Crippen LogP) is 0.611. The number of morpholine rings is 1. The molecule has 2 amide bonds. The molecule has 3 heterocycles. The van der Waals surface area contributed by atoms with Crippen LogP contribution in [-0.2, 0) is 20.9 Å². The molecule has 0 bridgehead atoms. The first-order valence-electron chi connectivity index (χ1n) is 9.44. The fourth-order valence-electron chi connectivity index (χ4n) is 3.55. The number of carbonyl (C=O) groups excluding carboxylic acids is 2. The molecule has 0 unspecified atom stereocenters. The number of aromatic nitrogens is 1. The summed E-state index contributed by atoms with van der Waals surface area (Å²) >= 11 is 0. The van der Waals surface area contributed by atoms with Gasteiger partial charge in [0.25, 0.3) is 0 Å². The Morgan fingerprint density at radius 1 is 1.35 bits per heavy atom. The van der Waals surface area contributed by atoms with E-state index in [0.717, 1.165) is 38.5 Å². The Bertz CT molecular complexity index is 604. The molecule has 3 rings (SSSR count). The van der Waals surface area contributed by atoms with Crippen molar-refractivity contribution in [1.82, 2.24) is 19.7 Å². The molecule has 0 spiro atoms. The molecule has 0 aromatic carbocycles. The lowest BCUT2D eigenvalue weighted by Crippen LogP contribution is -2.44. The summed E-state index contributed by atoms with van der Waals surface area (Å²) in [6.45, 7) is 8.58. The maximum Gasteiger partial charge on any atom is 0.228 e. The average molecular weight is 360 g/mol. The predicted molar refractivity (Wildman–Crippen MR) is 97.3 cm³/mol. The molecule has 0 radical (unpaired) electrons. The summed E-state index contributed by atoms with van der Waals surface area (Å²) in [6, 6.07) is 5.67. The number of likely N-dealkylation sites (tertiary alicyclic amines) is 1. The molecule has 26 heavy (non-hydrogen) atoms. The standard InChI is InChI=1S/C19H28N4O3/c1-2-22(8-7-21-9-11-26-12-10-21)19(25)16-13-18(24)23(14-16)15-17-5-3-4-6-20-17/h3-6,16H,2,7-15H2,1H3/t16-/m1/s1. The van der Waals surface area contributed by atoms with Crippen LogP contribution in [0.25, 0.3) is 0 Å². The number of rotatable bonds is 7. The van der Waals surface area contributed by atoms with Gasteiger partial charge in [-0.05, 0) is 19.1 Å². The highest BCUT2D eigenvalue weighted by atomic mass is 16.5. The number of amides is 2. The number of hydrogen-bond donors (Lipinski definition) is 0. The minimum absolute atomic E-state index is 0.0400. The van der Waals surface area contributed by atoms with Crippen molar-refractivity contribution in [1.29, 1.82) is 0 Å². The zero-order valence-corrected chi connectivity index (χ0v) is 15.5. The first-order valence-corrected chi connectivity index (χ1v) is 9.44. The topological polar surface area (TPSA) is 66.0 Å². The van der Waals surface area contributed by atoms with Gasteiger partial charge >= 0.3 is 0 Å². The van der Waals surface area contributed by atoms with Gasteiger partial charge in [0.1, 0.15) is 0 Å². The van der Waals surface area contributed by atoms with Crippen LogP contribution in [0.2, 0.25) is 0 Å². The summed E-state index contributed by atoms with van der Waals surface area (Å²) in [7, 11) is 0. The monoisotopic (exact) mass is 360 g/mol. The summed E-state index contributed by atoms with van der Waals surface area (Å²) in [5, 5.41) is 0. The molecule has 7 heteroatoms. The van der Waals surface area contributed by atoms with Crippen molar-refractivity contribution in [3.63, 3.8) is 0 Å². The summed E-state index contributed by atoms with van der Waals surface area (Å²) in [5.41, 5.74) is 0.855. The van der Waals surface area contributed by atoms with Gasteiger partial charge < -0.3 is 14.5 Å². The summed E-state index contributed by atoms with van der Waals surface area (Å²) < 4.78 is 5.36. The second-order valence-electron chi connectivity index (χ2n) is 6.87. The van der Waals surface area contributed by atoms with Gasteiger partial charge in [-0.25, -0.2) is 0 Å². The maximum absolute atomic E-state index is 12.9. The first-order chi connectivity index (χ1) is 12.7. The van der Waals surface area contributed by atoms with Crippen molar-refractivity contribution < 1.29 is 14.3 Å². The molecule has 0 saturated carbocycles. The number of carbonyl (C=O) groups is 2. The SMILES string of the molecule is CCN(CCN1CCOCC1)C(=O)[C@@H]1CC(=O)N(Cc2ccccn2)C1. The average Bonchev–Trinajstić information content (AvgIpc) is 3.04. The molecule has 2 aliphatic heterocycles. The normalized spacial score (nSPS) is 21.2. The maximum atomic E-state index is 12.9. The zero-order chi connectivity index (χ0) is 18.4. The third-order valence-corrected chi connectivity index (χ3v) is 5.13. The number of hydrogen-bond acceptors (Lipinski definition) is 5. The van der Waals surface area contributed by atoms with Gasteiger partial charge in [0.15, 0.2) is 0 Å². The van der Waals surface area contributed by atoms with E-state index in [-0.39, 0.29) is 17.7 Å².